The highest BCUT2D eigenvalue weighted by Crippen LogP contribution is 2.54. The first-order chi connectivity index (χ1) is 20.8. The molecule has 0 fully saturated rings. The van der Waals surface area contributed by atoms with Crippen LogP contribution in [0.5, 0.6) is 0 Å². The van der Waals surface area contributed by atoms with Gasteiger partial charge >= 0.3 is 0 Å². The molecule has 0 heteroatoms. The van der Waals surface area contributed by atoms with Crippen molar-refractivity contribution in [3.05, 3.63) is 200 Å². The minimum absolute atomic E-state index is 0.215. The van der Waals surface area contributed by atoms with E-state index in [-0.39, 0.29) is 11.8 Å². The molecule has 0 nitrogen and oxygen atoms in total. The Bertz CT molecular complexity index is 1960. The van der Waals surface area contributed by atoms with Gasteiger partial charge in [0, 0.05) is 11.8 Å². The number of hydrogen-bond acceptors (Lipinski definition) is 0. The first-order valence-corrected chi connectivity index (χ1v) is 15.4. The van der Waals surface area contributed by atoms with E-state index in [2.05, 4.69) is 133 Å². The highest BCUT2D eigenvalue weighted by molar-refractivity contribution is 5.83. The molecular weight excluding hydrogens is 504 g/mol. The predicted molar refractivity (Wildman–Crippen MR) is 173 cm³/mol. The van der Waals surface area contributed by atoms with Gasteiger partial charge in [-0.05, 0) is 104 Å². The second-order valence-corrected chi connectivity index (χ2v) is 12.3. The zero-order valence-corrected chi connectivity index (χ0v) is 23.7. The molecule has 0 spiro atoms. The smallest absolute Gasteiger partial charge is 0.0358 e. The van der Waals surface area contributed by atoms with Gasteiger partial charge in [-0.2, -0.15) is 0 Å². The van der Waals surface area contributed by atoms with Gasteiger partial charge in [0.05, 0.1) is 0 Å². The third-order valence-corrected chi connectivity index (χ3v) is 10.2. The van der Waals surface area contributed by atoms with Gasteiger partial charge in [-0.15, -0.1) is 0 Å². The van der Waals surface area contributed by atoms with Crippen molar-refractivity contribution in [2.45, 2.75) is 37.5 Å². The Morgan fingerprint density at radius 1 is 0.333 bits per heavy atom. The van der Waals surface area contributed by atoms with E-state index in [1.165, 1.54) is 77.9 Å². The molecule has 6 aromatic carbocycles. The molecule has 9 rings (SSSR count). The predicted octanol–water partition coefficient (Wildman–Crippen LogP) is 9.62. The number of hydrogen-bond donors (Lipinski definition) is 0. The summed E-state index contributed by atoms with van der Waals surface area (Å²) in [6.07, 6.45) is 4.21. The van der Waals surface area contributed by atoms with Crippen molar-refractivity contribution in [3.8, 4) is 11.1 Å². The van der Waals surface area contributed by atoms with Crippen LogP contribution < -0.4 is 0 Å². The van der Waals surface area contributed by atoms with E-state index >= 15 is 0 Å². The molecule has 1 atom stereocenters. The standard InChI is InChI=1S/C42H32/c1-2-14-30-26-39-31(25-29(30)13-1)15-9-20-37(39)41-35-19-8-7-18-34(35)36-21-10-22-38(42(36)41)40-32-16-5-3-11-27(32)23-24-28-12-4-6-17-33(28)40/h1-22,40-41H,23-26H2. The van der Waals surface area contributed by atoms with E-state index in [4.69, 9.17) is 0 Å². The van der Waals surface area contributed by atoms with Gasteiger partial charge in [0.1, 0.15) is 0 Å². The number of fused-ring (bicyclic) bond motifs is 7. The van der Waals surface area contributed by atoms with E-state index in [1.807, 2.05) is 0 Å². The maximum atomic E-state index is 2.44. The lowest BCUT2D eigenvalue weighted by Gasteiger charge is -2.29. The van der Waals surface area contributed by atoms with Crippen molar-refractivity contribution < 1.29 is 0 Å². The third-order valence-electron chi connectivity index (χ3n) is 10.2. The number of rotatable bonds is 2. The largest absolute Gasteiger partial charge is 0.0620 e. The zero-order valence-electron chi connectivity index (χ0n) is 23.7. The SMILES string of the molecule is c1ccc2c(c1)Cc1cccc(C3c4ccccc4-c4cccc(C5c6ccccc6CCc6ccccc65)c43)c1C2. The first-order valence-electron chi connectivity index (χ1n) is 15.4. The summed E-state index contributed by atoms with van der Waals surface area (Å²) in [7, 11) is 0. The average molecular weight is 537 g/mol. The Balaban J connectivity index is 1.31. The molecule has 0 heterocycles. The molecule has 1 unspecified atom stereocenters. The minimum atomic E-state index is 0.215. The van der Waals surface area contributed by atoms with Gasteiger partial charge in [-0.3, -0.25) is 0 Å². The van der Waals surface area contributed by atoms with Crippen LogP contribution in [0.25, 0.3) is 11.1 Å². The summed E-state index contributed by atoms with van der Waals surface area (Å²) in [4.78, 5) is 0. The van der Waals surface area contributed by atoms with Crippen molar-refractivity contribution >= 4 is 0 Å². The van der Waals surface area contributed by atoms with Crippen molar-refractivity contribution in [1.82, 2.24) is 0 Å². The van der Waals surface area contributed by atoms with Gasteiger partial charge < -0.3 is 0 Å². The van der Waals surface area contributed by atoms with Gasteiger partial charge in [0.25, 0.3) is 0 Å². The summed E-state index contributed by atoms with van der Waals surface area (Å²) in [5, 5.41) is 0. The van der Waals surface area contributed by atoms with Gasteiger partial charge in [-0.25, -0.2) is 0 Å². The molecule has 0 amide bonds. The normalized spacial score (nSPS) is 16.3. The van der Waals surface area contributed by atoms with Crippen molar-refractivity contribution in [1.29, 1.82) is 0 Å². The Labute approximate surface area is 248 Å². The van der Waals surface area contributed by atoms with Crippen LogP contribution in [0.1, 0.15) is 78.6 Å². The zero-order chi connectivity index (χ0) is 27.6. The van der Waals surface area contributed by atoms with Crippen LogP contribution in [0.2, 0.25) is 0 Å². The number of benzene rings is 6. The maximum Gasteiger partial charge on any atom is 0.0358 e. The fraction of sp³-hybridized carbons (Fsp3) is 0.143. The first kappa shape index (κ1) is 24.0. The average Bonchev–Trinajstić information content (AvgIpc) is 3.28. The van der Waals surface area contributed by atoms with Gasteiger partial charge in [0.2, 0.25) is 0 Å². The molecule has 0 saturated carbocycles. The fourth-order valence-corrected chi connectivity index (χ4v) is 8.33. The summed E-state index contributed by atoms with van der Waals surface area (Å²) in [5.41, 5.74) is 20.6. The molecule has 0 bridgehead atoms. The summed E-state index contributed by atoms with van der Waals surface area (Å²) in [5.74, 6) is 0.433. The van der Waals surface area contributed by atoms with E-state index in [0.29, 0.717) is 0 Å². The minimum Gasteiger partial charge on any atom is -0.0620 e. The molecule has 3 aliphatic rings. The lowest BCUT2D eigenvalue weighted by atomic mass is 9.74. The lowest BCUT2D eigenvalue weighted by molar-refractivity contribution is 0.885. The van der Waals surface area contributed by atoms with Crippen LogP contribution in [0.3, 0.4) is 0 Å². The molecule has 200 valence electrons. The monoisotopic (exact) mass is 536 g/mol. The second kappa shape index (κ2) is 9.43. The molecule has 0 aromatic heterocycles. The van der Waals surface area contributed by atoms with Crippen LogP contribution in [0, 0.1) is 0 Å². The Morgan fingerprint density at radius 3 is 1.57 bits per heavy atom. The molecule has 0 saturated heterocycles. The summed E-state index contributed by atoms with van der Waals surface area (Å²) in [6, 6.07) is 50.8. The summed E-state index contributed by atoms with van der Waals surface area (Å²) >= 11 is 0. The van der Waals surface area contributed by atoms with Crippen molar-refractivity contribution in [2.24, 2.45) is 0 Å². The number of aryl methyl sites for hydroxylation is 2. The molecular formula is C42H32. The quantitative estimate of drug-likeness (QED) is 0.206. The topological polar surface area (TPSA) is 0 Å². The molecule has 0 radical (unpaired) electrons. The molecule has 0 aliphatic heterocycles. The van der Waals surface area contributed by atoms with E-state index in [0.717, 1.165) is 25.7 Å². The summed E-state index contributed by atoms with van der Waals surface area (Å²) < 4.78 is 0. The highest BCUT2D eigenvalue weighted by Gasteiger charge is 2.37. The van der Waals surface area contributed by atoms with Gasteiger partial charge in [0.15, 0.2) is 0 Å². The lowest BCUT2D eigenvalue weighted by Crippen LogP contribution is -2.15. The van der Waals surface area contributed by atoms with Crippen LogP contribution in [-0.2, 0) is 25.7 Å². The molecule has 6 aromatic rings. The molecule has 3 aliphatic carbocycles. The molecule has 42 heavy (non-hydrogen) atoms. The highest BCUT2D eigenvalue weighted by atomic mass is 14.4. The fourth-order valence-electron chi connectivity index (χ4n) is 8.33. The van der Waals surface area contributed by atoms with Crippen molar-refractivity contribution in [2.75, 3.05) is 0 Å². The van der Waals surface area contributed by atoms with Gasteiger partial charge in [-0.1, -0.05) is 133 Å². The van der Waals surface area contributed by atoms with E-state index in [9.17, 15) is 0 Å². The van der Waals surface area contributed by atoms with Crippen LogP contribution in [0.15, 0.2) is 133 Å². The second-order valence-electron chi connectivity index (χ2n) is 12.3. The Hall–Kier alpha value is -4.68. The van der Waals surface area contributed by atoms with Crippen LogP contribution in [-0.4, -0.2) is 0 Å². The third kappa shape index (κ3) is 3.55. The Morgan fingerprint density at radius 2 is 0.833 bits per heavy atom. The van der Waals surface area contributed by atoms with Crippen molar-refractivity contribution in [3.63, 3.8) is 0 Å². The Kier molecular flexibility index (Phi) is 5.38. The maximum absolute atomic E-state index is 2.44. The summed E-state index contributed by atoms with van der Waals surface area (Å²) in [6.45, 7) is 0. The van der Waals surface area contributed by atoms with Crippen LogP contribution in [0.4, 0.5) is 0 Å². The van der Waals surface area contributed by atoms with E-state index < -0.39 is 0 Å². The molecule has 0 N–H and O–H groups in total. The van der Waals surface area contributed by atoms with E-state index in [1.54, 1.807) is 0 Å². The van der Waals surface area contributed by atoms with Crippen LogP contribution >= 0.6 is 0 Å².